The van der Waals surface area contributed by atoms with Gasteiger partial charge in [-0.05, 0) is 43.5 Å². The molecule has 3 heteroatoms. The van der Waals surface area contributed by atoms with Crippen molar-refractivity contribution in [2.24, 2.45) is 5.41 Å². The van der Waals surface area contributed by atoms with E-state index in [1.807, 2.05) is 12.1 Å². The van der Waals surface area contributed by atoms with Gasteiger partial charge in [0, 0.05) is 17.6 Å². The molecular formula is C16H26ClNO. The lowest BCUT2D eigenvalue weighted by Gasteiger charge is -2.30. The summed E-state index contributed by atoms with van der Waals surface area (Å²) in [5.41, 5.74) is 1.20. The minimum Gasteiger partial charge on any atom is -0.393 e. The number of aliphatic hydroxyl groups is 1. The van der Waals surface area contributed by atoms with Gasteiger partial charge in [-0.3, -0.25) is 4.90 Å². The highest BCUT2D eigenvalue weighted by atomic mass is 35.5. The van der Waals surface area contributed by atoms with E-state index in [0.29, 0.717) is 6.04 Å². The number of benzene rings is 1. The lowest BCUT2D eigenvalue weighted by atomic mass is 9.87. The molecule has 1 aromatic carbocycles. The Hall–Kier alpha value is -0.570. The van der Waals surface area contributed by atoms with E-state index in [0.717, 1.165) is 18.0 Å². The van der Waals surface area contributed by atoms with Crippen molar-refractivity contribution in [1.82, 2.24) is 4.90 Å². The van der Waals surface area contributed by atoms with Crippen LogP contribution in [0.3, 0.4) is 0 Å². The zero-order valence-corrected chi connectivity index (χ0v) is 13.4. The summed E-state index contributed by atoms with van der Waals surface area (Å²) in [6.07, 6.45) is 0.519. The van der Waals surface area contributed by atoms with Gasteiger partial charge in [0.15, 0.2) is 0 Å². The molecule has 0 spiro atoms. The van der Waals surface area contributed by atoms with Crippen molar-refractivity contribution < 1.29 is 5.11 Å². The molecular weight excluding hydrogens is 258 g/mol. The Balaban J connectivity index is 2.53. The second-order valence-corrected chi connectivity index (χ2v) is 6.82. The molecule has 2 atom stereocenters. The van der Waals surface area contributed by atoms with Crippen molar-refractivity contribution in [3.8, 4) is 0 Å². The van der Waals surface area contributed by atoms with Gasteiger partial charge in [-0.2, -0.15) is 0 Å². The maximum Gasteiger partial charge on any atom is 0.0600 e. The molecule has 0 aliphatic heterocycles. The number of hydrogen-bond acceptors (Lipinski definition) is 2. The average Bonchev–Trinajstić information content (AvgIpc) is 2.34. The van der Waals surface area contributed by atoms with Gasteiger partial charge in [0.25, 0.3) is 0 Å². The second-order valence-electron chi connectivity index (χ2n) is 6.38. The molecule has 1 rings (SSSR count). The van der Waals surface area contributed by atoms with Crippen LogP contribution in [0, 0.1) is 5.41 Å². The first-order chi connectivity index (χ1) is 8.71. The monoisotopic (exact) mass is 283 g/mol. The summed E-state index contributed by atoms with van der Waals surface area (Å²) in [6, 6.07) is 8.29. The number of aliphatic hydroxyl groups excluding tert-OH is 1. The van der Waals surface area contributed by atoms with Crippen molar-refractivity contribution in [2.45, 2.75) is 46.3 Å². The highest BCUT2D eigenvalue weighted by Gasteiger charge is 2.23. The lowest BCUT2D eigenvalue weighted by molar-refractivity contribution is 0.0447. The van der Waals surface area contributed by atoms with Crippen LogP contribution in [0.15, 0.2) is 24.3 Å². The molecule has 0 saturated carbocycles. The number of nitrogens with zero attached hydrogens (tertiary/aromatic N) is 1. The standard InChI is InChI=1S/C16H26ClNO/c1-12(13-6-8-14(17)9-7-13)18(5)11-10-15(19)16(2,3)4/h6-9,12,15,19H,10-11H2,1-5H3. The van der Waals surface area contributed by atoms with E-state index in [1.165, 1.54) is 5.56 Å². The Morgan fingerprint density at radius 3 is 2.21 bits per heavy atom. The van der Waals surface area contributed by atoms with E-state index in [4.69, 9.17) is 11.6 Å². The van der Waals surface area contributed by atoms with Gasteiger partial charge in [0.1, 0.15) is 0 Å². The Labute approximate surface area is 122 Å². The SMILES string of the molecule is CC(c1ccc(Cl)cc1)N(C)CCC(O)C(C)(C)C. The van der Waals surface area contributed by atoms with Gasteiger partial charge in [-0.25, -0.2) is 0 Å². The Bertz CT molecular complexity index is 383. The predicted molar refractivity (Wildman–Crippen MR) is 82.6 cm³/mol. The third-order valence-corrected chi connectivity index (χ3v) is 4.02. The van der Waals surface area contributed by atoms with Crippen LogP contribution in [0.5, 0.6) is 0 Å². The van der Waals surface area contributed by atoms with Gasteiger partial charge < -0.3 is 5.11 Å². The molecule has 0 aliphatic rings. The van der Waals surface area contributed by atoms with Crippen molar-refractivity contribution >= 4 is 11.6 Å². The predicted octanol–water partition coefficient (Wildman–Crippen LogP) is 4.13. The second kappa shape index (κ2) is 6.74. The number of halogens is 1. The van der Waals surface area contributed by atoms with E-state index < -0.39 is 0 Å². The fraction of sp³-hybridized carbons (Fsp3) is 0.625. The molecule has 0 heterocycles. The first-order valence-electron chi connectivity index (χ1n) is 6.85. The number of rotatable bonds is 5. The van der Waals surface area contributed by atoms with E-state index >= 15 is 0 Å². The quantitative estimate of drug-likeness (QED) is 0.878. The summed E-state index contributed by atoms with van der Waals surface area (Å²) in [5, 5.41) is 10.8. The smallest absolute Gasteiger partial charge is 0.0600 e. The van der Waals surface area contributed by atoms with Crippen LogP contribution in [-0.4, -0.2) is 29.7 Å². The zero-order valence-electron chi connectivity index (χ0n) is 12.7. The van der Waals surface area contributed by atoms with Crippen LogP contribution in [0.4, 0.5) is 0 Å². The highest BCUT2D eigenvalue weighted by molar-refractivity contribution is 6.30. The van der Waals surface area contributed by atoms with Crippen molar-refractivity contribution in [3.05, 3.63) is 34.9 Å². The Kier molecular flexibility index (Phi) is 5.84. The van der Waals surface area contributed by atoms with Gasteiger partial charge in [-0.1, -0.05) is 44.5 Å². The minimum atomic E-state index is -0.271. The van der Waals surface area contributed by atoms with Crippen molar-refractivity contribution in [1.29, 1.82) is 0 Å². The summed E-state index contributed by atoms with van der Waals surface area (Å²) in [6.45, 7) is 9.26. The summed E-state index contributed by atoms with van der Waals surface area (Å²) in [4.78, 5) is 2.26. The molecule has 19 heavy (non-hydrogen) atoms. The van der Waals surface area contributed by atoms with Crippen LogP contribution in [-0.2, 0) is 0 Å². The van der Waals surface area contributed by atoms with Crippen LogP contribution >= 0.6 is 11.6 Å². The van der Waals surface area contributed by atoms with Crippen LogP contribution in [0.25, 0.3) is 0 Å². The zero-order chi connectivity index (χ0) is 14.6. The van der Waals surface area contributed by atoms with Gasteiger partial charge in [-0.15, -0.1) is 0 Å². The van der Waals surface area contributed by atoms with E-state index in [1.54, 1.807) is 0 Å². The summed E-state index contributed by atoms with van der Waals surface area (Å²) >= 11 is 5.90. The average molecular weight is 284 g/mol. The van der Waals surface area contributed by atoms with Crippen molar-refractivity contribution in [3.63, 3.8) is 0 Å². The molecule has 0 radical (unpaired) electrons. The van der Waals surface area contributed by atoms with E-state index in [9.17, 15) is 5.11 Å². The molecule has 0 bridgehead atoms. The Morgan fingerprint density at radius 2 is 1.74 bits per heavy atom. The number of hydrogen-bond donors (Lipinski definition) is 1. The van der Waals surface area contributed by atoms with Gasteiger partial charge in [0.05, 0.1) is 6.10 Å². The lowest BCUT2D eigenvalue weighted by Crippen LogP contribution is -2.32. The molecule has 0 saturated heterocycles. The summed E-state index contributed by atoms with van der Waals surface area (Å²) < 4.78 is 0. The van der Waals surface area contributed by atoms with E-state index in [-0.39, 0.29) is 11.5 Å². The first-order valence-corrected chi connectivity index (χ1v) is 7.23. The molecule has 0 aliphatic carbocycles. The fourth-order valence-electron chi connectivity index (χ4n) is 1.95. The summed E-state index contributed by atoms with van der Waals surface area (Å²) in [7, 11) is 2.09. The van der Waals surface area contributed by atoms with Crippen LogP contribution in [0.2, 0.25) is 5.02 Å². The summed E-state index contributed by atoms with van der Waals surface area (Å²) in [5.74, 6) is 0. The third kappa shape index (κ3) is 5.13. The highest BCUT2D eigenvalue weighted by Crippen LogP contribution is 2.24. The minimum absolute atomic E-state index is 0.0512. The molecule has 1 N–H and O–H groups in total. The molecule has 1 aromatic rings. The topological polar surface area (TPSA) is 23.5 Å². The fourth-order valence-corrected chi connectivity index (χ4v) is 2.07. The largest absolute Gasteiger partial charge is 0.393 e. The third-order valence-electron chi connectivity index (χ3n) is 3.77. The Morgan fingerprint density at radius 1 is 1.21 bits per heavy atom. The normalized spacial score (nSPS) is 15.6. The van der Waals surface area contributed by atoms with Gasteiger partial charge >= 0.3 is 0 Å². The van der Waals surface area contributed by atoms with E-state index in [2.05, 4.69) is 51.8 Å². The molecule has 0 fully saturated rings. The molecule has 108 valence electrons. The molecule has 0 aromatic heterocycles. The van der Waals surface area contributed by atoms with Crippen LogP contribution in [0.1, 0.15) is 45.7 Å². The maximum atomic E-state index is 10.1. The maximum absolute atomic E-state index is 10.1. The molecule has 2 nitrogen and oxygen atoms in total. The molecule has 0 amide bonds. The van der Waals surface area contributed by atoms with Crippen molar-refractivity contribution in [2.75, 3.05) is 13.6 Å². The van der Waals surface area contributed by atoms with Crippen LogP contribution < -0.4 is 0 Å². The first kappa shape index (κ1) is 16.5. The van der Waals surface area contributed by atoms with Gasteiger partial charge in [0.2, 0.25) is 0 Å². The molecule has 2 unspecified atom stereocenters.